The van der Waals surface area contributed by atoms with Crippen molar-refractivity contribution in [3.05, 3.63) is 29.7 Å². The number of benzene rings is 1. The molecule has 9 nitrogen and oxygen atoms in total. The Morgan fingerprint density at radius 1 is 1.35 bits per heavy atom. The van der Waals surface area contributed by atoms with E-state index in [2.05, 4.69) is 16.7 Å². The summed E-state index contributed by atoms with van der Waals surface area (Å²) < 4.78 is 21.7. The lowest BCUT2D eigenvalue weighted by Crippen LogP contribution is -2.44. The van der Waals surface area contributed by atoms with E-state index in [0.29, 0.717) is 30.5 Å². The molecule has 3 amide bonds. The number of carbonyl (C=O) groups is 3. The summed E-state index contributed by atoms with van der Waals surface area (Å²) in [7, 11) is 1.43. The van der Waals surface area contributed by atoms with Crippen molar-refractivity contribution < 1.29 is 23.5 Å². The molecule has 180 valence electrons. The maximum absolute atomic E-state index is 15.0. The monoisotopic (exact) mass is 469 g/mol. The van der Waals surface area contributed by atoms with Crippen molar-refractivity contribution in [2.24, 2.45) is 17.6 Å². The summed E-state index contributed by atoms with van der Waals surface area (Å²) in [5, 5.41) is 15.5. The van der Waals surface area contributed by atoms with Crippen LogP contribution in [0.1, 0.15) is 55.1 Å². The zero-order valence-corrected chi connectivity index (χ0v) is 19.0. The van der Waals surface area contributed by atoms with Crippen LogP contribution in [0.15, 0.2) is 18.2 Å². The zero-order valence-electron chi connectivity index (χ0n) is 19.0. The van der Waals surface area contributed by atoms with Gasteiger partial charge in [-0.1, -0.05) is 12.8 Å². The SMILES string of the molecule is COc1ccc(F)c2c1cc(C(N)=O)n2[C@@H](CC1CC1)C(=O)N[C@H](C#N)C[C@@H]1CCCNC1=O. The van der Waals surface area contributed by atoms with Crippen LogP contribution < -0.4 is 21.1 Å². The van der Waals surface area contributed by atoms with E-state index in [9.17, 15) is 19.6 Å². The number of ether oxygens (including phenoxy) is 1. The number of rotatable bonds is 9. The van der Waals surface area contributed by atoms with Gasteiger partial charge in [0, 0.05) is 17.8 Å². The van der Waals surface area contributed by atoms with Gasteiger partial charge in [-0.3, -0.25) is 14.4 Å². The molecule has 0 unspecified atom stereocenters. The van der Waals surface area contributed by atoms with Gasteiger partial charge < -0.3 is 25.7 Å². The summed E-state index contributed by atoms with van der Waals surface area (Å²) in [4.78, 5) is 37.9. The summed E-state index contributed by atoms with van der Waals surface area (Å²) >= 11 is 0. The van der Waals surface area contributed by atoms with Crippen molar-refractivity contribution in [1.82, 2.24) is 15.2 Å². The Balaban J connectivity index is 1.70. The number of hydrogen-bond acceptors (Lipinski definition) is 5. The van der Waals surface area contributed by atoms with Gasteiger partial charge in [0.25, 0.3) is 5.91 Å². The van der Waals surface area contributed by atoms with Crippen LogP contribution in [0.5, 0.6) is 5.75 Å². The summed E-state index contributed by atoms with van der Waals surface area (Å²) in [6.07, 6.45) is 3.85. The van der Waals surface area contributed by atoms with Crippen LogP contribution in [0.25, 0.3) is 10.9 Å². The third-order valence-electron chi connectivity index (χ3n) is 6.64. The van der Waals surface area contributed by atoms with E-state index in [1.54, 1.807) is 0 Å². The average Bonchev–Trinajstić information content (AvgIpc) is 3.55. The summed E-state index contributed by atoms with van der Waals surface area (Å²) in [5.74, 6) is -1.84. The molecule has 1 aliphatic carbocycles. The topological polar surface area (TPSA) is 139 Å². The number of piperidine rings is 1. The smallest absolute Gasteiger partial charge is 0.265 e. The Bertz CT molecular complexity index is 1170. The molecule has 1 saturated carbocycles. The molecule has 0 radical (unpaired) electrons. The number of carbonyl (C=O) groups excluding carboxylic acids is 3. The van der Waals surface area contributed by atoms with Gasteiger partial charge in [0.1, 0.15) is 29.3 Å². The van der Waals surface area contributed by atoms with Gasteiger partial charge in [-0.2, -0.15) is 5.26 Å². The first-order chi connectivity index (χ1) is 16.3. The highest BCUT2D eigenvalue weighted by molar-refractivity contribution is 6.01. The maximum Gasteiger partial charge on any atom is 0.265 e. The van der Waals surface area contributed by atoms with Gasteiger partial charge in [-0.05, 0) is 49.8 Å². The molecule has 34 heavy (non-hydrogen) atoms. The van der Waals surface area contributed by atoms with Crippen LogP contribution in [-0.4, -0.2) is 42.0 Å². The highest BCUT2D eigenvalue weighted by atomic mass is 19.1. The first-order valence-electron chi connectivity index (χ1n) is 11.5. The zero-order chi connectivity index (χ0) is 24.4. The van der Waals surface area contributed by atoms with Crippen LogP contribution in [-0.2, 0) is 9.59 Å². The fourth-order valence-electron chi connectivity index (χ4n) is 4.72. The Kier molecular flexibility index (Phi) is 6.72. The first-order valence-corrected chi connectivity index (χ1v) is 11.5. The molecule has 2 fully saturated rings. The molecule has 2 aromatic rings. The van der Waals surface area contributed by atoms with Crippen molar-refractivity contribution in [2.45, 2.75) is 50.6 Å². The van der Waals surface area contributed by atoms with Gasteiger partial charge in [0.2, 0.25) is 11.8 Å². The second-order valence-corrected chi connectivity index (χ2v) is 9.03. The quantitative estimate of drug-likeness (QED) is 0.516. The van der Waals surface area contributed by atoms with E-state index in [0.717, 1.165) is 19.3 Å². The van der Waals surface area contributed by atoms with Crippen molar-refractivity contribution in [3.63, 3.8) is 0 Å². The van der Waals surface area contributed by atoms with E-state index in [1.807, 2.05) is 0 Å². The minimum atomic E-state index is -0.954. The third kappa shape index (κ3) is 4.69. The lowest BCUT2D eigenvalue weighted by molar-refractivity contribution is -0.128. The maximum atomic E-state index is 15.0. The average molecular weight is 470 g/mol. The van der Waals surface area contributed by atoms with E-state index in [1.165, 1.54) is 29.9 Å². The molecule has 4 rings (SSSR count). The Morgan fingerprint density at radius 2 is 2.12 bits per heavy atom. The number of aromatic nitrogens is 1. The number of methoxy groups -OCH3 is 1. The lowest BCUT2D eigenvalue weighted by Gasteiger charge is -2.26. The number of hydrogen-bond donors (Lipinski definition) is 3. The fourth-order valence-corrected chi connectivity index (χ4v) is 4.72. The van der Waals surface area contributed by atoms with Crippen LogP contribution in [0, 0.1) is 29.0 Å². The normalized spacial score (nSPS) is 19.7. The number of nitriles is 1. The van der Waals surface area contributed by atoms with Gasteiger partial charge in [0.05, 0.1) is 18.7 Å². The van der Waals surface area contributed by atoms with Crippen molar-refractivity contribution in [3.8, 4) is 11.8 Å². The number of nitrogens with one attached hydrogen (secondary N) is 2. The molecule has 1 aromatic carbocycles. The number of nitrogens with zero attached hydrogens (tertiary/aromatic N) is 2. The predicted octanol–water partition coefficient (Wildman–Crippen LogP) is 2.15. The third-order valence-corrected chi connectivity index (χ3v) is 6.64. The molecule has 0 bridgehead atoms. The van der Waals surface area contributed by atoms with Gasteiger partial charge in [-0.15, -0.1) is 0 Å². The molecule has 2 heterocycles. The van der Waals surface area contributed by atoms with Gasteiger partial charge in [-0.25, -0.2) is 4.39 Å². The van der Waals surface area contributed by atoms with E-state index >= 15 is 4.39 Å². The van der Waals surface area contributed by atoms with Crippen molar-refractivity contribution in [2.75, 3.05) is 13.7 Å². The second kappa shape index (κ2) is 9.71. The first kappa shape index (κ1) is 23.5. The molecule has 10 heteroatoms. The molecule has 1 aliphatic heterocycles. The van der Waals surface area contributed by atoms with Crippen molar-refractivity contribution >= 4 is 28.6 Å². The Hall–Kier alpha value is -3.61. The van der Waals surface area contributed by atoms with E-state index in [-0.39, 0.29) is 35.4 Å². The summed E-state index contributed by atoms with van der Waals surface area (Å²) in [6.45, 7) is 0.605. The van der Waals surface area contributed by atoms with Gasteiger partial charge >= 0.3 is 0 Å². The summed E-state index contributed by atoms with van der Waals surface area (Å²) in [6, 6.07) is 4.31. The van der Waals surface area contributed by atoms with Crippen LogP contribution >= 0.6 is 0 Å². The molecular formula is C24H28FN5O4. The minimum absolute atomic E-state index is 0.0145. The molecular weight excluding hydrogens is 441 g/mol. The Morgan fingerprint density at radius 3 is 2.74 bits per heavy atom. The largest absolute Gasteiger partial charge is 0.496 e. The van der Waals surface area contributed by atoms with Crippen LogP contribution in [0.2, 0.25) is 0 Å². The number of amides is 3. The number of nitrogens with two attached hydrogens (primary N) is 1. The number of primary amides is 1. The lowest BCUT2D eigenvalue weighted by atomic mass is 9.92. The van der Waals surface area contributed by atoms with Crippen LogP contribution in [0.4, 0.5) is 4.39 Å². The highest BCUT2D eigenvalue weighted by Crippen LogP contribution is 2.40. The van der Waals surface area contributed by atoms with Crippen molar-refractivity contribution in [1.29, 1.82) is 5.26 Å². The minimum Gasteiger partial charge on any atom is -0.496 e. The molecule has 0 spiro atoms. The molecule has 1 aromatic heterocycles. The summed E-state index contributed by atoms with van der Waals surface area (Å²) in [5.41, 5.74) is 5.65. The molecule has 3 atom stereocenters. The van der Waals surface area contributed by atoms with Crippen LogP contribution in [0.3, 0.4) is 0 Å². The Labute approximate surface area is 196 Å². The van der Waals surface area contributed by atoms with E-state index < -0.39 is 29.7 Å². The molecule has 4 N–H and O–H groups in total. The van der Waals surface area contributed by atoms with E-state index in [4.69, 9.17) is 10.5 Å². The highest BCUT2D eigenvalue weighted by Gasteiger charge is 2.36. The van der Waals surface area contributed by atoms with Gasteiger partial charge in [0.15, 0.2) is 0 Å². The standard InChI is InChI=1S/C24H28FN5O4/c1-34-20-7-6-17(25)21-16(20)11-18(22(27)31)30(21)19(9-13-4-5-13)24(33)29-15(12-26)10-14-3-2-8-28-23(14)32/h6-7,11,13-15,19H,2-5,8-10H2,1H3,(H2,27,31)(H,28,32)(H,29,33)/t14-,15-,19-/m0/s1. The second-order valence-electron chi connectivity index (χ2n) is 9.03. The predicted molar refractivity (Wildman–Crippen MR) is 121 cm³/mol. The number of fused-ring (bicyclic) bond motifs is 1. The fraction of sp³-hybridized carbons (Fsp3) is 0.500. The number of halogens is 1. The molecule has 2 aliphatic rings. The molecule has 1 saturated heterocycles.